The third kappa shape index (κ3) is 2.45. The third-order valence-corrected chi connectivity index (χ3v) is 3.19. The van der Waals surface area contributed by atoms with Crippen molar-refractivity contribution in [1.82, 2.24) is 4.98 Å². The number of pyridine rings is 1. The third-order valence-electron chi connectivity index (χ3n) is 3.19. The second-order valence-corrected chi connectivity index (χ2v) is 4.82. The average Bonchev–Trinajstić information content (AvgIpc) is 2.38. The number of halogens is 1. The zero-order valence-electron chi connectivity index (χ0n) is 10.6. The summed E-state index contributed by atoms with van der Waals surface area (Å²) in [6, 6.07) is 2.93. The van der Waals surface area contributed by atoms with Gasteiger partial charge in [0, 0.05) is 17.3 Å². The quantitative estimate of drug-likeness (QED) is 0.826. The molecule has 5 nitrogen and oxygen atoms in total. The normalized spacial score (nSPS) is 21.9. The van der Waals surface area contributed by atoms with Gasteiger partial charge in [-0.05, 0) is 37.1 Å². The largest absolute Gasteiger partial charge is 0.481 e. The molecule has 2 N–H and O–H groups in total. The van der Waals surface area contributed by atoms with Crippen LogP contribution in [0.5, 0.6) is 0 Å². The topological polar surface area (TPSA) is 87.5 Å². The molecule has 104 valence electrons. The summed E-state index contributed by atoms with van der Waals surface area (Å²) in [7, 11) is 0. The fourth-order valence-electron chi connectivity index (χ4n) is 2.10. The van der Waals surface area contributed by atoms with Crippen molar-refractivity contribution in [1.29, 1.82) is 0 Å². The molecular weight excluding hydrogens is 265 g/mol. The second-order valence-electron chi connectivity index (χ2n) is 4.82. The maximum atomic E-state index is 13.7. The minimum Gasteiger partial charge on any atom is -0.481 e. The molecule has 1 atom stereocenters. The maximum Gasteiger partial charge on any atom is 0.331 e. The summed E-state index contributed by atoms with van der Waals surface area (Å²) in [6.45, 7) is 1.40. The number of hydrogen-bond acceptors (Lipinski definition) is 3. The second kappa shape index (κ2) is 4.88. The van der Waals surface area contributed by atoms with Gasteiger partial charge in [-0.15, -0.1) is 0 Å². The molecule has 6 heteroatoms. The molecule has 0 bridgehead atoms. The molecule has 0 radical (unpaired) electrons. The van der Waals surface area contributed by atoms with E-state index >= 15 is 0 Å². The highest BCUT2D eigenvalue weighted by molar-refractivity contribution is 5.96. The van der Waals surface area contributed by atoms with Crippen LogP contribution in [0.25, 0.3) is 5.57 Å². The van der Waals surface area contributed by atoms with Crippen molar-refractivity contribution in [3.05, 3.63) is 47.6 Å². The number of carbonyl (C=O) groups is 2. The molecule has 1 heterocycles. The zero-order valence-corrected chi connectivity index (χ0v) is 10.6. The van der Waals surface area contributed by atoms with Crippen molar-refractivity contribution in [2.75, 3.05) is 0 Å². The first-order valence-corrected chi connectivity index (χ1v) is 5.84. The smallest absolute Gasteiger partial charge is 0.331 e. The van der Waals surface area contributed by atoms with Crippen LogP contribution in [0.15, 0.2) is 36.1 Å². The van der Waals surface area contributed by atoms with E-state index in [9.17, 15) is 19.1 Å². The Morgan fingerprint density at radius 2 is 2.10 bits per heavy atom. The maximum absolute atomic E-state index is 13.7. The average molecular weight is 277 g/mol. The van der Waals surface area contributed by atoms with Crippen molar-refractivity contribution in [3.63, 3.8) is 0 Å². The van der Waals surface area contributed by atoms with E-state index in [4.69, 9.17) is 5.11 Å². The first kappa shape index (κ1) is 13.9. The van der Waals surface area contributed by atoms with E-state index in [2.05, 4.69) is 4.98 Å². The monoisotopic (exact) mass is 277 g/mol. The van der Waals surface area contributed by atoms with E-state index in [0.29, 0.717) is 0 Å². The lowest BCUT2D eigenvalue weighted by molar-refractivity contribution is -0.145. The van der Waals surface area contributed by atoms with Gasteiger partial charge in [-0.1, -0.05) is 6.08 Å². The Kier molecular flexibility index (Phi) is 3.40. The molecule has 0 aromatic carbocycles. The van der Waals surface area contributed by atoms with Gasteiger partial charge >= 0.3 is 11.9 Å². The number of aromatic nitrogens is 1. The number of allylic oxidation sites excluding steroid dienone is 2. The molecule has 0 aliphatic heterocycles. The zero-order chi connectivity index (χ0) is 14.9. The number of carboxylic acids is 2. The highest BCUT2D eigenvalue weighted by Crippen LogP contribution is 2.38. The molecule has 1 aromatic rings. The molecule has 0 amide bonds. The highest BCUT2D eigenvalue weighted by atomic mass is 19.1. The van der Waals surface area contributed by atoms with Crippen molar-refractivity contribution >= 4 is 17.5 Å². The molecule has 0 fully saturated rings. The molecular formula is C14H12FNO4. The first-order chi connectivity index (χ1) is 9.33. The van der Waals surface area contributed by atoms with Crippen molar-refractivity contribution < 1.29 is 24.2 Å². The van der Waals surface area contributed by atoms with E-state index in [-0.39, 0.29) is 23.1 Å². The number of nitrogens with zero attached hydrogens (tertiary/aromatic N) is 1. The summed E-state index contributed by atoms with van der Waals surface area (Å²) in [5.41, 5.74) is -1.17. The van der Waals surface area contributed by atoms with Crippen LogP contribution in [-0.2, 0) is 9.59 Å². The summed E-state index contributed by atoms with van der Waals surface area (Å²) in [6.07, 6.45) is 3.76. The lowest BCUT2D eigenvalue weighted by atomic mass is 9.76. The van der Waals surface area contributed by atoms with E-state index < -0.39 is 23.3 Å². The summed E-state index contributed by atoms with van der Waals surface area (Å²) >= 11 is 0. The molecule has 1 aliphatic carbocycles. The van der Waals surface area contributed by atoms with Crippen LogP contribution in [0.4, 0.5) is 4.39 Å². The van der Waals surface area contributed by atoms with E-state index in [1.807, 2.05) is 0 Å². The lowest BCUT2D eigenvalue weighted by Crippen LogP contribution is -2.29. The molecule has 1 unspecified atom stereocenters. The molecule has 2 rings (SSSR count). The van der Waals surface area contributed by atoms with Gasteiger partial charge in [-0.3, -0.25) is 4.79 Å². The van der Waals surface area contributed by atoms with Crippen LogP contribution in [0.1, 0.15) is 18.9 Å². The number of rotatable bonds is 3. The van der Waals surface area contributed by atoms with Gasteiger partial charge < -0.3 is 10.2 Å². The Hall–Kier alpha value is -2.50. The number of aliphatic carboxylic acids is 2. The lowest BCUT2D eigenvalue weighted by Gasteiger charge is -2.26. The van der Waals surface area contributed by atoms with E-state index in [1.165, 1.54) is 37.4 Å². The van der Waals surface area contributed by atoms with Gasteiger partial charge in [-0.2, -0.15) is 4.39 Å². The van der Waals surface area contributed by atoms with Crippen LogP contribution in [-0.4, -0.2) is 27.1 Å². The van der Waals surface area contributed by atoms with Crippen LogP contribution >= 0.6 is 0 Å². The molecule has 20 heavy (non-hydrogen) atoms. The fourth-order valence-corrected chi connectivity index (χ4v) is 2.10. The number of carboxylic acid groups (broad SMARTS) is 2. The predicted molar refractivity (Wildman–Crippen MR) is 68.3 cm³/mol. The summed E-state index contributed by atoms with van der Waals surface area (Å²) in [4.78, 5) is 25.9. The minimum absolute atomic E-state index is 0.0735. The standard InChI is InChI=1S/C14H12FNO4/c1-14(13(19)20)6-8(5-9(7-14)12(17)18)10-3-2-4-16-11(10)15/h2-6H,7H2,1H3,(H,17,18)(H,19,20). The summed E-state index contributed by atoms with van der Waals surface area (Å²) in [5.74, 6) is -3.15. The van der Waals surface area contributed by atoms with Gasteiger partial charge in [0.25, 0.3) is 0 Å². The van der Waals surface area contributed by atoms with Gasteiger partial charge in [0.2, 0.25) is 5.95 Å². The Labute approximate surface area is 114 Å². The molecule has 0 saturated heterocycles. The van der Waals surface area contributed by atoms with Gasteiger partial charge in [0.15, 0.2) is 0 Å². The molecule has 1 aliphatic rings. The van der Waals surface area contributed by atoms with Crippen LogP contribution < -0.4 is 0 Å². The minimum atomic E-state index is -1.39. The molecule has 0 spiro atoms. The first-order valence-electron chi connectivity index (χ1n) is 5.84. The molecule has 0 saturated carbocycles. The Bertz CT molecular complexity index is 650. The van der Waals surface area contributed by atoms with Gasteiger partial charge in [-0.25, -0.2) is 9.78 Å². The van der Waals surface area contributed by atoms with E-state index in [0.717, 1.165) is 0 Å². The molecule has 1 aromatic heterocycles. The SMILES string of the molecule is CC1(C(=O)O)C=C(c2cccnc2F)C=C(C(=O)O)C1. The predicted octanol–water partition coefficient (Wildman–Crippen LogP) is 2.11. The number of hydrogen-bond donors (Lipinski definition) is 2. The van der Waals surface area contributed by atoms with Crippen molar-refractivity contribution in [3.8, 4) is 0 Å². The van der Waals surface area contributed by atoms with E-state index in [1.54, 1.807) is 0 Å². The van der Waals surface area contributed by atoms with Gasteiger partial charge in [0.1, 0.15) is 0 Å². The Morgan fingerprint density at radius 1 is 1.40 bits per heavy atom. The fraction of sp³-hybridized carbons (Fsp3) is 0.214. The Morgan fingerprint density at radius 3 is 2.65 bits per heavy atom. The van der Waals surface area contributed by atoms with Gasteiger partial charge in [0.05, 0.1) is 5.41 Å². The van der Waals surface area contributed by atoms with Crippen molar-refractivity contribution in [2.24, 2.45) is 5.41 Å². The summed E-state index contributed by atoms with van der Waals surface area (Å²) < 4.78 is 13.7. The van der Waals surface area contributed by atoms with Crippen LogP contribution in [0.3, 0.4) is 0 Å². The van der Waals surface area contributed by atoms with Crippen molar-refractivity contribution in [2.45, 2.75) is 13.3 Å². The Balaban J connectivity index is 2.59. The van der Waals surface area contributed by atoms with Crippen LogP contribution in [0, 0.1) is 11.4 Å². The highest BCUT2D eigenvalue weighted by Gasteiger charge is 2.37. The van der Waals surface area contributed by atoms with Crippen LogP contribution in [0.2, 0.25) is 0 Å². The summed E-state index contributed by atoms with van der Waals surface area (Å²) in [5, 5.41) is 18.3.